The van der Waals surface area contributed by atoms with Crippen molar-refractivity contribution in [3.63, 3.8) is 0 Å². The lowest BCUT2D eigenvalue weighted by atomic mass is 10.1. The second kappa shape index (κ2) is 9.13. The highest BCUT2D eigenvalue weighted by Gasteiger charge is 2.25. The smallest absolute Gasteiger partial charge is 0.217 e. The summed E-state index contributed by atoms with van der Waals surface area (Å²) in [6.07, 6.45) is 4.04. The van der Waals surface area contributed by atoms with Crippen molar-refractivity contribution in [1.82, 2.24) is 5.32 Å². The molecule has 6 heteroatoms. The van der Waals surface area contributed by atoms with Crippen LogP contribution in [0, 0.1) is 0 Å². The van der Waals surface area contributed by atoms with Crippen LogP contribution in [0.25, 0.3) is 0 Å². The van der Waals surface area contributed by atoms with Crippen LogP contribution in [0.3, 0.4) is 0 Å². The fraction of sp³-hybridized carbons (Fsp3) is 0.800. The molecule has 0 atom stereocenters. The molecule has 0 aromatic heterocycles. The Morgan fingerprint density at radius 3 is 2.31 bits per heavy atom. The summed E-state index contributed by atoms with van der Waals surface area (Å²) in [5, 5.41) is 4.35. The zero-order valence-electron chi connectivity index (χ0n) is 9.18. The standard InChI is InChI=1S/C10H18Br2N2O2/c11-6-10(7-12,8-15)14-5-3-1-2-4-9(13)16/h8,14H,1-7H2,(H2,13,16). The van der Waals surface area contributed by atoms with Crippen LogP contribution in [0.1, 0.15) is 25.7 Å². The third-order valence-corrected chi connectivity index (χ3v) is 4.28. The Balaban J connectivity index is 3.63. The molecule has 94 valence electrons. The summed E-state index contributed by atoms with van der Waals surface area (Å²) in [4.78, 5) is 21.4. The van der Waals surface area contributed by atoms with E-state index in [9.17, 15) is 9.59 Å². The van der Waals surface area contributed by atoms with Gasteiger partial charge in [-0.15, -0.1) is 0 Å². The molecule has 0 spiro atoms. The summed E-state index contributed by atoms with van der Waals surface area (Å²) in [5.41, 5.74) is 4.50. The SMILES string of the molecule is NC(=O)CCCCCNC(C=O)(CBr)CBr. The van der Waals surface area contributed by atoms with Gasteiger partial charge in [-0.2, -0.15) is 0 Å². The van der Waals surface area contributed by atoms with Gasteiger partial charge in [-0.05, 0) is 19.4 Å². The molecule has 0 aliphatic rings. The molecule has 0 aliphatic heterocycles. The number of halogens is 2. The maximum Gasteiger partial charge on any atom is 0.217 e. The Bertz CT molecular complexity index is 221. The highest BCUT2D eigenvalue weighted by atomic mass is 79.9. The van der Waals surface area contributed by atoms with Gasteiger partial charge in [0.25, 0.3) is 0 Å². The first kappa shape index (κ1) is 16.1. The van der Waals surface area contributed by atoms with Crippen molar-refractivity contribution in [2.24, 2.45) is 5.73 Å². The average molecular weight is 358 g/mol. The molecule has 0 bridgehead atoms. The predicted octanol–water partition coefficient (Wildman–Crippen LogP) is 1.35. The fourth-order valence-corrected chi connectivity index (χ4v) is 2.76. The number of hydrogen-bond acceptors (Lipinski definition) is 3. The Morgan fingerprint density at radius 1 is 1.25 bits per heavy atom. The Kier molecular flexibility index (Phi) is 9.16. The number of hydrogen-bond donors (Lipinski definition) is 2. The molecule has 0 aliphatic carbocycles. The molecule has 0 aromatic carbocycles. The van der Waals surface area contributed by atoms with Crippen LogP contribution in [0.4, 0.5) is 0 Å². The van der Waals surface area contributed by atoms with Crippen LogP contribution in [-0.4, -0.2) is 34.9 Å². The van der Waals surface area contributed by atoms with Crippen molar-refractivity contribution >= 4 is 44.1 Å². The summed E-state index contributed by atoms with van der Waals surface area (Å²) in [6.45, 7) is 0.759. The number of carbonyl (C=O) groups excluding carboxylic acids is 2. The van der Waals surface area contributed by atoms with Gasteiger partial charge in [0.2, 0.25) is 5.91 Å². The topological polar surface area (TPSA) is 72.2 Å². The van der Waals surface area contributed by atoms with E-state index in [4.69, 9.17) is 5.73 Å². The van der Waals surface area contributed by atoms with E-state index in [1.165, 1.54) is 0 Å². The number of unbranched alkanes of at least 4 members (excludes halogenated alkanes) is 2. The number of nitrogens with one attached hydrogen (secondary N) is 1. The molecule has 0 saturated carbocycles. The molecular weight excluding hydrogens is 340 g/mol. The molecule has 4 nitrogen and oxygen atoms in total. The van der Waals surface area contributed by atoms with Crippen LogP contribution >= 0.6 is 31.9 Å². The minimum absolute atomic E-state index is 0.254. The van der Waals surface area contributed by atoms with Gasteiger partial charge in [-0.25, -0.2) is 0 Å². The zero-order valence-corrected chi connectivity index (χ0v) is 12.3. The second-order valence-corrected chi connectivity index (χ2v) is 4.87. The fourth-order valence-electron chi connectivity index (χ4n) is 1.17. The predicted molar refractivity (Wildman–Crippen MR) is 72.0 cm³/mol. The lowest BCUT2D eigenvalue weighted by molar-refractivity contribution is -0.118. The van der Waals surface area contributed by atoms with E-state index in [1.807, 2.05) is 0 Å². The molecule has 0 fully saturated rings. The van der Waals surface area contributed by atoms with Gasteiger partial charge in [-0.3, -0.25) is 4.79 Å². The number of alkyl halides is 2. The summed E-state index contributed by atoms with van der Waals surface area (Å²) in [6, 6.07) is 0. The Labute approximate surface area is 113 Å². The van der Waals surface area contributed by atoms with Gasteiger partial charge in [0.05, 0.1) is 5.54 Å². The van der Waals surface area contributed by atoms with Crippen LogP contribution in [0.2, 0.25) is 0 Å². The molecule has 1 amide bonds. The molecule has 0 saturated heterocycles. The highest BCUT2D eigenvalue weighted by molar-refractivity contribution is 9.10. The van der Waals surface area contributed by atoms with Gasteiger partial charge < -0.3 is 15.8 Å². The van der Waals surface area contributed by atoms with Crippen LogP contribution < -0.4 is 11.1 Å². The number of carbonyl (C=O) groups is 2. The number of rotatable bonds is 10. The van der Waals surface area contributed by atoms with Crippen molar-refractivity contribution in [3.05, 3.63) is 0 Å². The number of nitrogens with two attached hydrogens (primary N) is 1. The van der Waals surface area contributed by atoms with Gasteiger partial charge in [0.1, 0.15) is 6.29 Å². The Morgan fingerprint density at radius 2 is 1.88 bits per heavy atom. The maximum absolute atomic E-state index is 10.9. The largest absolute Gasteiger partial charge is 0.370 e. The Hall–Kier alpha value is 0.0600. The first-order valence-electron chi connectivity index (χ1n) is 5.22. The number of primary amides is 1. The van der Waals surface area contributed by atoms with E-state index in [0.29, 0.717) is 17.1 Å². The molecule has 3 N–H and O–H groups in total. The van der Waals surface area contributed by atoms with Gasteiger partial charge in [0.15, 0.2) is 0 Å². The minimum Gasteiger partial charge on any atom is -0.370 e. The lowest BCUT2D eigenvalue weighted by Gasteiger charge is -2.24. The summed E-state index contributed by atoms with van der Waals surface area (Å²) in [5.74, 6) is -0.254. The van der Waals surface area contributed by atoms with Crippen molar-refractivity contribution < 1.29 is 9.59 Å². The quantitative estimate of drug-likeness (QED) is 0.352. The average Bonchev–Trinajstić information content (AvgIpc) is 2.29. The third kappa shape index (κ3) is 6.60. The molecule has 0 radical (unpaired) electrons. The van der Waals surface area contributed by atoms with E-state index in [0.717, 1.165) is 32.1 Å². The summed E-state index contributed by atoms with van der Waals surface area (Å²) >= 11 is 6.62. The lowest BCUT2D eigenvalue weighted by Crippen LogP contribution is -2.50. The first-order chi connectivity index (χ1) is 7.60. The van der Waals surface area contributed by atoms with E-state index in [2.05, 4.69) is 37.2 Å². The molecule has 0 unspecified atom stereocenters. The van der Waals surface area contributed by atoms with E-state index in [-0.39, 0.29) is 5.91 Å². The molecular formula is C10H18Br2N2O2. The summed E-state index contributed by atoms with van der Waals surface area (Å²) in [7, 11) is 0. The van der Waals surface area contributed by atoms with Crippen molar-refractivity contribution in [2.75, 3.05) is 17.2 Å². The number of aldehydes is 1. The van der Waals surface area contributed by atoms with Gasteiger partial charge >= 0.3 is 0 Å². The van der Waals surface area contributed by atoms with Crippen LogP contribution in [0.5, 0.6) is 0 Å². The first-order valence-corrected chi connectivity index (χ1v) is 7.46. The molecule has 0 rings (SSSR count). The highest BCUT2D eigenvalue weighted by Crippen LogP contribution is 2.10. The van der Waals surface area contributed by atoms with E-state index < -0.39 is 5.54 Å². The second-order valence-electron chi connectivity index (χ2n) is 3.75. The third-order valence-electron chi connectivity index (χ3n) is 2.28. The number of amides is 1. The van der Waals surface area contributed by atoms with Crippen LogP contribution in [0.15, 0.2) is 0 Å². The molecule has 16 heavy (non-hydrogen) atoms. The maximum atomic E-state index is 10.9. The molecule has 0 heterocycles. The minimum atomic E-state index is -0.524. The van der Waals surface area contributed by atoms with Gasteiger partial charge in [-0.1, -0.05) is 38.3 Å². The van der Waals surface area contributed by atoms with Crippen LogP contribution in [-0.2, 0) is 9.59 Å². The monoisotopic (exact) mass is 356 g/mol. The van der Waals surface area contributed by atoms with Crippen molar-refractivity contribution in [2.45, 2.75) is 31.2 Å². The zero-order chi connectivity index (χ0) is 12.4. The normalized spacial score (nSPS) is 11.4. The van der Waals surface area contributed by atoms with Gasteiger partial charge in [0, 0.05) is 17.1 Å². The van der Waals surface area contributed by atoms with Crippen molar-refractivity contribution in [1.29, 1.82) is 0 Å². The summed E-state index contributed by atoms with van der Waals surface area (Å²) < 4.78 is 0. The van der Waals surface area contributed by atoms with E-state index in [1.54, 1.807) is 0 Å². The van der Waals surface area contributed by atoms with Crippen molar-refractivity contribution in [3.8, 4) is 0 Å². The van der Waals surface area contributed by atoms with E-state index >= 15 is 0 Å². The molecule has 0 aromatic rings.